The van der Waals surface area contributed by atoms with E-state index in [9.17, 15) is 4.79 Å². The molecule has 1 fully saturated rings. The van der Waals surface area contributed by atoms with Gasteiger partial charge in [-0.05, 0) is 60.8 Å². The molecule has 3 aromatic rings. The van der Waals surface area contributed by atoms with E-state index in [0.29, 0.717) is 6.54 Å². The fraction of sp³-hybridized carbons (Fsp3) is 0.308. The topological polar surface area (TPSA) is 54.5 Å². The van der Waals surface area contributed by atoms with E-state index in [1.807, 2.05) is 36.5 Å². The van der Waals surface area contributed by atoms with E-state index in [0.717, 1.165) is 49.4 Å². The quantitative estimate of drug-likeness (QED) is 0.626. The van der Waals surface area contributed by atoms with E-state index in [1.54, 1.807) is 13.3 Å². The zero-order valence-corrected chi connectivity index (χ0v) is 18.0. The number of carbonyl (C=O) groups excluding carboxylic acids is 1. The summed E-state index contributed by atoms with van der Waals surface area (Å²) in [5.41, 5.74) is 4.73. The Morgan fingerprint density at radius 1 is 1.10 bits per heavy atom. The van der Waals surface area contributed by atoms with Gasteiger partial charge in [0, 0.05) is 37.0 Å². The zero-order chi connectivity index (χ0) is 21.5. The zero-order valence-electron chi connectivity index (χ0n) is 18.0. The lowest BCUT2D eigenvalue weighted by Crippen LogP contribution is -2.40. The van der Waals surface area contributed by atoms with Gasteiger partial charge in [-0.15, -0.1) is 0 Å². The van der Waals surface area contributed by atoms with E-state index in [-0.39, 0.29) is 11.8 Å². The third-order valence-electron chi connectivity index (χ3n) is 5.94. The molecule has 0 aliphatic carbocycles. The van der Waals surface area contributed by atoms with Crippen molar-refractivity contribution >= 4 is 5.91 Å². The standard InChI is InChI=1S/C26H29N3O2/c1-31-24-9-4-6-20(16-24)17-28-26(30)21-11-14-29(15-12-21)19-23-7-2-3-10-25(23)22-8-5-13-27-18-22/h2-10,13,16,18,21H,11-12,14-15,17,19H2,1H3,(H,28,30). The van der Waals surface area contributed by atoms with E-state index in [1.165, 1.54) is 11.1 Å². The number of benzene rings is 2. The Morgan fingerprint density at radius 3 is 2.71 bits per heavy atom. The van der Waals surface area contributed by atoms with Crippen LogP contribution in [0, 0.1) is 5.92 Å². The highest BCUT2D eigenvalue weighted by molar-refractivity contribution is 5.78. The Bertz CT molecular complexity index is 998. The molecule has 2 aromatic carbocycles. The van der Waals surface area contributed by atoms with Crippen LogP contribution in [0.3, 0.4) is 0 Å². The first-order chi connectivity index (χ1) is 15.2. The van der Waals surface area contributed by atoms with Gasteiger partial charge in [-0.3, -0.25) is 14.7 Å². The van der Waals surface area contributed by atoms with Crippen molar-refractivity contribution < 1.29 is 9.53 Å². The van der Waals surface area contributed by atoms with Gasteiger partial charge in [0.25, 0.3) is 0 Å². The minimum atomic E-state index is 0.0791. The first kappa shape index (κ1) is 21.1. The van der Waals surface area contributed by atoms with Crippen molar-refractivity contribution in [2.45, 2.75) is 25.9 Å². The number of likely N-dealkylation sites (tertiary alicyclic amines) is 1. The van der Waals surface area contributed by atoms with Crippen LogP contribution in [-0.4, -0.2) is 36.0 Å². The SMILES string of the molecule is COc1cccc(CNC(=O)C2CCN(Cc3ccccc3-c3cccnc3)CC2)c1. The molecule has 1 amide bonds. The summed E-state index contributed by atoms with van der Waals surface area (Å²) in [4.78, 5) is 19.4. The van der Waals surface area contributed by atoms with Gasteiger partial charge in [-0.2, -0.15) is 0 Å². The maximum atomic E-state index is 12.7. The molecule has 1 aliphatic heterocycles. The monoisotopic (exact) mass is 415 g/mol. The van der Waals surface area contributed by atoms with Gasteiger partial charge in [-0.1, -0.05) is 42.5 Å². The molecule has 1 aromatic heterocycles. The fourth-order valence-electron chi connectivity index (χ4n) is 4.17. The number of rotatable bonds is 7. The maximum absolute atomic E-state index is 12.7. The van der Waals surface area contributed by atoms with Crippen LogP contribution in [0.4, 0.5) is 0 Å². The van der Waals surface area contributed by atoms with Crippen LogP contribution in [0.2, 0.25) is 0 Å². The van der Waals surface area contributed by atoms with Crippen LogP contribution in [0.5, 0.6) is 5.75 Å². The molecule has 0 saturated carbocycles. The summed E-state index contributed by atoms with van der Waals surface area (Å²) in [6.45, 7) is 3.29. The van der Waals surface area contributed by atoms with Crippen molar-refractivity contribution in [1.29, 1.82) is 0 Å². The Balaban J connectivity index is 1.30. The van der Waals surface area contributed by atoms with Crippen LogP contribution in [0.15, 0.2) is 73.1 Å². The largest absolute Gasteiger partial charge is 0.497 e. The molecule has 2 heterocycles. The summed E-state index contributed by atoms with van der Waals surface area (Å²) in [6, 6.07) is 20.4. The number of hydrogen-bond donors (Lipinski definition) is 1. The number of ether oxygens (including phenoxy) is 1. The van der Waals surface area contributed by atoms with Gasteiger partial charge in [0.15, 0.2) is 0 Å². The number of aromatic nitrogens is 1. The predicted molar refractivity (Wildman–Crippen MR) is 123 cm³/mol. The lowest BCUT2D eigenvalue weighted by Gasteiger charge is -2.31. The molecule has 0 bridgehead atoms. The van der Waals surface area contributed by atoms with Crippen LogP contribution < -0.4 is 10.1 Å². The molecule has 4 rings (SSSR count). The number of amides is 1. The van der Waals surface area contributed by atoms with E-state index in [2.05, 4.69) is 45.5 Å². The molecule has 1 N–H and O–H groups in total. The fourth-order valence-corrected chi connectivity index (χ4v) is 4.17. The van der Waals surface area contributed by atoms with Crippen molar-refractivity contribution in [2.75, 3.05) is 20.2 Å². The number of nitrogens with zero attached hydrogens (tertiary/aromatic N) is 2. The average Bonchev–Trinajstić information content (AvgIpc) is 2.84. The second-order valence-corrected chi connectivity index (χ2v) is 8.02. The first-order valence-corrected chi connectivity index (χ1v) is 10.8. The molecule has 0 spiro atoms. The number of piperidine rings is 1. The molecular formula is C26H29N3O2. The Hall–Kier alpha value is -3.18. The van der Waals surface area contributed by atoms with Crippen LogP contribution >= 0.6 is 0 Å². The molecule has 31 heavy (non-hydrogen) atoms. The minimum Gasteiger partial charge on any atom is -0.497 e. The third-order valence-corrected chi connectivity index (χ3v) is 5.94. The lowest BCUT2D eigenvalue weighted by atomic mass is 9.94. The summed E-state index contributed by atoms with van der Waals surface area (Å²) in [5, 5.41) is 3.10. The highest BCUT2D eigenvalue weighted by Gasteiger charge is 2.25. The van der Waals surface area contributed by atoms with Crippen LogP contribution in [0.25, 0.3) is 11.1 Å². The molecule has 0 radical (unpaired) electrons. The highest BCUT2D eigenvalue weighted by Crippen LogP contribution is 2.26. The number of nitrogens with one attached hydrogen (secondary N) is 1. The molecule has 5 heteroatoms. The number of pyridine rings is 1. The predicted octanol–water partition coefficient (Wildman–Crippen LogP) is 4.29. The molecule has 0 unspecified atom stereocenters. The maximum Gasteiger partial charge on any atom is 0.223 e. The number of hydrogen-bond acceptors (Lipinski definition) is 4. The van der Waals surface area contributed by atoms with Crippen molar-refractivity contribution in [1.82, 2.24) is 15.2 Å². The molecular weight excluding hydrogens is 386 g/mol. The summed E-state index contributed by atoms with van der Waals surface area (Å²) in [6.07, 6.45) is 5.49. The number of methoxy groups -OCH3 is 1. The Labute approximate surface area is 184 Å². The molecule has 160 valence electrons. The normalized spacial score (nSPS) is 14.9. The van der Waals surface area contributed by atoms with Crippen molar-refractivity contribution in [3.63, 3.8) is 0 Å². The summed E-state index contributed by atoms with van der Waals surface area (Å²) in [5.74, 6) is 1.04. The average molecular weight is 416 g/mol. The molecule has 5 nitrogen and oxygen atoms in total. The lowest BCUT2D eigenvalue weighted by molar-refractivity contribution is -0.126. The molecule has 0 atom stereocenters. The van der Waals surface area contributed by atoms with E-state index in [4.69, 9.17) is 4.74 Å². The second kappa shape index (κ2) is 10.2. The van der Waals surface area contributed by atoms with Crippen LogP contribution in [0.1, 0.15) is 24.0 Å². The van der Waals surface area contributed by atoms with Crippen molar-refractivity contribution in [3.05, 3.63) is 84.2 Å². The summed E-state index contributed by atoms with van der Waals surface area (Å²) in [7, 11) is 1.65. The summed E-state index contributed by atoms with van der Waals surface area (Å²) >= 11 is 0. The smallest absolute Gasteiger partial charge is 0.223 e. The molecule has 1 saturated heterocycles. The molecule has 1 aliphatic rings. The number of carbonyl (C=O) groups is 1. The van der Waals surface area contributed by atoms with Gasteiger partial charge in [0.2, 0.25) is 5.91 Å². The first-order valence-electron chi connectivity index (χ1n) is 10.8. The Kier molecular flexibility index (Phi) is 6.95. The van der Waals surface area contributed by atoms with Gasteiger partial charge in [-0.25, -0.2) is 0 Å². The Morgan fingerprint density at radius 2 is 1.94 bits per heavy atom. The second-order valence-electron chi connectivity index (χ2n) is 8.02. The van der Waals surface area contributed by atoms with Gasteiger partial charge >= 0.3 is 0 Å². The third kappa shape index (κ3) is 5.50. The van der Waals surface area contributed by atoms with Gasteiger partial charge < -0.3 is 10.1 Å². The van der Waals surface area contributed by atoms with Gasteiger partial charge in [0.1, 0.15) is 5.75 Å². The van der Waals surface area contributed by atoms with Crippen molar-refractivity contribution in [3.8, 4) is 16.9 Å². The van der Waals surface area contributed by atoms with Gasteiger partial charge in [0.05, 0.1) is 7.11 Å². The highest BCUT2D eigenvalue weighted by atomic mass is 16.5. The van der Waals surface area contributed by atoms with Crippen molar-refractivity contribution in [2.24, 2.45) is 5.92 Å². The summed E-state index contributed by atoms with van der Waals surface area (Å²) < 4.78 is 5.25. The minimum absolute atomic E-state index is 0.0791. The van der Waals surface area contributed by atoms with Crippen LogP contribution in [-0.2, 0) is 17.9 Å². The van der Waals surface area contributed by atoms with E-state index < -0.39 is 0 Å². The van der Waals surface area contributed by atoms with E-state index >= 15 is 0 Å².